The lowest BCUT2D eigenvalue weighted by Gasteiger charge is -2.16. The summed E-state index contributed by atoms with van der Waals surface area (Å²) in [4.78, 5) is 0.109. The second-order valence-electron chi connectivity index (χ2n) is 6.25. The van der Waals surface area contributed by atoms with E-state index < -0.39 is 22.4 Å². The summed E-state index contributed by atoms with van der Waals surface area (Å²) in [5.74, 6) is -0.354. The molecule has 0 aliphatic heterocycles. The van der Waals surface area contributed by atoms with E-state index in [-0.39, 0.29) is 10.6 Å². The molecule has 1 aliphatic rings. The highest BCUT2D eigenvalue weighted by molar-refractivity contribution is 7.89. The molecule has 1 N–H and O–H groups in total. The highest BCUT2D eigenvalue weighted by Crippen LogP contribution is 2.45. The van der Waals surface area contributed by atoms with Crippen LogP contribution in [0.1, 0.15) is 17.2 Å². The number of hydrogen-bond acceptors (Lipinski definition) is 3. The first-order valence-corrected chi connectivity index (χ1v) is 9.79. The third-order valence-corrected chi connectivity index (χ3v) is 5.90. The zero-order valence-corrected chi connectivity index (χ0v) is 15.1. The van der Waals surface area contributed by atoms with Crippen LogP contribution in [-0.2, 0) is 10.0 Å². The molecule has 0 aromatic heterocycles. The van der Waals surface area contributed by atoms with E-state index in [1.54, 1.807) is 42.5 Å². The zero-order valence-electron chi connectivity index (χ0n) is 14.3. The summed E-state index contributed by atoms with van der Waals surface area (Å²) in [6.07, 6.45) is -4.80. The Kier molecular flexibility index (Phi) is 4.40. The van der Waals surface area contributed by atoms with Crippen molar-refractivity contribution in [3.63, 3.8) is 0 Å². The average Bonchev–Trinajstić information content (AvgIpc) is 2.94. The molecule has 0 fully saturated rings. The maximum atomic E-state index is 12.8. The van der Waals surface area contributed by atoms with E-state index in [0.717, 1.165) is 0 Å². The van der Waals surface area contributed by atoms with Crippen LogP contribution in [0.4, 0.5) is 13.2 Å². The largest absolute Gasteiger partial charge is 0.573 e. The average molecular weight is 405 g/mol. The molecule has 0 heterocycles. The van der Waals surface area contributed by atoms with Gasteiger partial charge >= 0.3 is 6.36 Å². The van der Waals surface area contributed by atoms with E-state index in [1.807, 2.05) is 0 Å². The number of benzene rings is 3. The number of fused-ring (bicyclic) bond motifs is 3. The van der Waals surface area contributed by atoms with Crippen molar-refractivity contribution >= 4 is 10.0 Å². The minimum atomic E-state index is -4.80. The molecule has 3 aromatic rings. The lowest BCUT2D eigenvalue weighted by molar-refractivity contribution is -0.274. The van der Waals surface area contributed by atoms with Gasteiger partial charge < -0.3 is 4.74 Å². The molecule has 8 heteroatoms. The summed E-state index contributed by atoms with van der Waals surface area (Å²) in [6, 6.07) is 18.1. The van der Waals surface area contributed by atoms with Gasteiger partial charge in [0.25, 0.3) is 0 Å². The van der Waals surface area contributed by atoms with Crippen LogP contribution in [-0.4, -0.2) is 14.8 Å². The van der Waals surface area contributed by atoms with Gasteiger partial charge in [0.05, 0.1) is 10.9 Å². The molecule has 1 unspecified atom stereocenters. The Labute approximate surface area is 159 Å². The van der Waals surface area contributed by atoms with Gasteiger partial charge in [-0.3, -0.25) is 0 Å². The van der Waals surface area contributed by atoms with Crippen molar-refractivity contribution < 1.29 is 26.3 Å². The number of hydrogen-bond donors (Lipinski definition) is 1. The molecule has 0 saturated carbocycles. The fraction of sp³-hybridized carbons (Fsp3) is 0.100. The van der Waals surface area contributed by atoms with Crippen molar-refractivity contribution in [1.82, 2.24) is 4.72 Å². The predicted molar refractivity (Wildman–Crippen MR) is 97.2 cm³/mol. The van der Waals surface area contributed by atoms with Crippen LogP contribution in [0, 0.1) is 0 Å². The Morgan fingerprint density at radius 3 is 2.18 bits per heavy atom. The van der Waals surface area contributed by atoms with Gasteiger partial charge in [0.15, 0.2) is 0 Å². The molecule has 0 spiro atoms. The Hall–Kier alpha value is -2.84. The lowest BCUT2D eigenvalue weighted by Crippen LogP contribution is -2.28. The molecule has 4 nitrogen and oxygen atoms in total. The summed E-state index contributed by atoms with van der Waals surface area (Å²) in [6.45, 7) is 0. The van der Waals surface area contributed by atoms with Crippen LogP contribution in [0.2, 0.25) is 0 Å². The fourth-order valence-corrected chi connectivity index (χ4v) is 4.54. The third kappa shape index (κ3) is 3.48. The first-order chi connectivity index (χ1) is 13.2. The van der Waals surface area contributed by atoms with E-state index in [4.69, 9.17) is 0 Å². The van der Waals surface area contributed by atoms with E-state index in [0.29, 0.717) is 22.3 Å². The Morgan fingerprint density at radius 1 is 0.821 bits per heavy atom. The molecule has 0 saturated heterocycles. The van der Waals surface area contributed by atoms with Crippen LogP contribution in [0.15, 0.2) is 77.7 Å². The third-order valence-electron chi connectivity index (χ3n) is 4.46. The van der Waals surface area contributed by atoms with Crippen LogP contribution < -0.4 is 9.46 Å². The molecule has 0 bridgehead atoms. The zero-order chi connectivity index (χ0) is 19.9. The maximum Gasteiger partial charge on any atom is 0.573 e. The Morgan fingerprint density at radius 2 is 1.46 bits per heavy atom. The van der Waals surface area contributed by atoms with Gasteiger partial charge in [0.2, 0.25) is 10.0 Å². The molecule has 4 rings (SSSR count). The van der Waals surface area contributed by atoms with E-state index in [2.05, 4.69) is 9.46 Å². The van der Waals surface area contributed by atoms with Crippen LogP contribution >= 0.6 is 0 Å². The minimum Gasteiger partial charge on any atom is -0.406 e. The van der Waals surface area contributed by atoms with Crippen molar-refractivity contribution in [2.24, 2.45) is 0 Å². The van der Waals surface area contributed by atoms with Gasteiger partial charge in [-0.25, -0.2) is 8.42 Å². The lowest BCUT2D eigenvalue weighted by atomic mass is 10.1. The fourth-order valence-electron chi connectivity index (χ4n) is 3.33. The molecule has 1 aliphatic carbocycles. The van der Waals surface area contributed by atoms with Gasteiger partial charge in [0, 0.05) is 0 Å². The smallest absolute Gasteiger partial charge is 0.406 e. The molecular weight excluding hydrogens is 391 g/mol. The second kappa shape index (κ2) is 6.65. The SMILES string of the molecule is O=S(=O)(NC1c2ccccc2-c2cc(OC(F)(F)F)ccc21)c1ccccc1. The number of halogens is 3. The van der Waals surface area contributed by atoms with Gasteiger partial charge in [0.1, 0.15) is 5.75 Å². The van der Waals surface area contributed by atoms with Crippen molar-refractivity contribution in [1.29, 1.82) is 0 Å². The number of rotatable bonds is 4. The van der Waals surface area contributed by atoms with Crippen molar-refractivity contribution in [3.05, 3.63) is 83.9 Å². The Bertz CT molecular complexity index is 1130. The number of nitrogens with one attached hydrogen (secondary N) is 1. The van der Waals surface area contributed by atoms with Crippen molar-refractivity contribution in [3.8, 4) is 16.9 Å². The summed E-state index contributed by atoms with van der Waals surface area (Å²) in [5, 5.41) is 0. The van der Waals surface area contributed by atoms with Gasteiger partial charge in [-0.1, -0.05) is 48.5 Å². The summed E-state index contributed by atoms with van der Waals surface area (Å²) in [5.41, 5.74) is 2.39. The minimum absolute atomic E-state index is 0.109. The van der Waals surface area contributed by atoms with E-state index in [1.165, 1.54) is 30.3 Å². The van der Waals surface area contributed by atoms with Crippen molar-refractivity contribution in [2.45, 2.75) is 17.3 Å². The summed E-state index contributed by atoms with van der Waals surface area (Å²) in [7, 11) is -3.83. The standard InChI is InChI=1S/C20H14F3NO3S/c21-20(22,23)27-13-10-11-17-18(12-13)15-8-4-5-9-16(15)19(17)24-28(25,26)14-6-2-1-3-7-14/h1-12,19,24H. The van der Waals surface area contributed by atoms with E-state index >= 15 is 0 Å². The van der Waals surface area contributed by atoms with E-state index in [9.17, 15) is 21.6 Å². The highest BCUT2D eigenvalue weighted by Gasteiger charge is 2.35. The number of alkyl halides is 3. The number of ether oxygens (including phenoxy) is 1. The molecule has 0 radical (unpaired) electrons. The summed E-state index contributed by atoms with van der Waals surface area (Å²) >= 11 is 0. The quantitative estimate of drug-likeness (QED) is 0.688. The second-order valence-corrected chi connectivity index (χ2v) is 7.97. The Balaban J connectivity index is 1.77. The van der Waals surface area contributed by atoms with Gasteiger partial charge in [-0.05, 0) is 46.5 Å². The molecule has 1 atom stereocenters. The first kappa shape index (κ1) is 18.5. The van der Waals surface area contributed by atoms with Crippen LogP contribution in [0.3, 0.4) is 0 Å². The van der Waals surface area contributed by atoms with Gasteiger partial charge in [-0.2, -0.15) is 4.72 Å². The van der Waals surface area contributed by atoms with Crippen molar-refractivity contribution in [2.75, 3.05) is 0 Å². The summed E-state index contributed by atoms with van der Waals surface area (Å²) < 4.78 is 69.9. The predicted octanol–water partition coefficient (Wildman–Crippen LogP) is 4.63. The maximum absolute atomic E-state index is 12.8. The first-order valence-electron chi connectivity index (χ1n) is 8.31. The van der Waals surface area contributed by atoms with Crippen LogP contribution in [0.25, 0.3) is 11.1 Å². The molecule has 28 heavy (non-hydrogen) atoms. The molecule has 144 valence electrons. The van der Waals surface area contributed by atoms with Gasteiger partial charge in [-0.15, -0.1) is 13.2 Å². The number of sulfonamides is 1. The molecule has 3 aromatic carbocycles. The highest BCUT2D eigenvalue weighted by atomic mass is 32.2. The van der Waals surface area contributed by atoms with Crippen LogP contribution in [0.5, 0.6) is 5.75 Å². The monoisotopic (exact) mass is 405 g/mol. The normalized spacial score (nSPS) is 15.8. The molecule has 0 amide bonds. The topological polar surface area (TPSA) is 55.4 Å². The molecular formula is C20H14F3NO3S.